The van der Waals surface area contributed by atoms with E-state index in [0.29, 0.717) is 0 Å². The Balaban J connectivity index is 1.41. The lowest BCUT2D eigenvalue weighted by Crippen LogP contribution is -2.20. The molecule has 0 radical (unpaired) electrons. The number of aryl methyl sites for hydroxylation is 1. The summed E-state index contributed by atoms with van der Waals surface area (Å²) >= 11 is 0. The molecule has 1 unspecified atom stereocenters. The normalized spacial score (nSPS) is 19.2. The molecule has 4 nitrogen and oxygen atoms in total. The number of H-pyrrole nitrogens is 1. The average molecular weight is 294 g/mol. The Kier molecular flexibility index (Phi) is 3.47. The smallest absolute Gasteiger partial charge is 0.0521 e. The number of benzene rings is 1. The third kappa shape index (κ3) is 2.66. The molecule has 4 rings (SSSR count). The Morgan fingerprint density at radius 3 is 3.14 bits per heavy atom. The molecular weight excluding hydrogens is 272 g/mol. The van der Waals surface area contributed by atoms with E-state index in [1.165, 1.54) is 41.5 Å². The molecule has 3 aromatic rings. The molecule has 0 saturated carbocycles. The molecule has 3 heterocycles. The lowest BCUT2D eigenvalue weighted by Gasteiger charge is -2.16. The first-order chi connectivity index (χ1) is 10.8. The molecule has 22 heavy (non-hydrogen) atoms. The van der Waals surface area contributed by atoms with Crippen molar-refractivity contribution >= 4 is 10.9 Å². The Bertz CT molecular complexity index is 770. The van der Waals surface area contributed by atoms with Gasteiger partial charge in [-0.1, -0.05) is 12.1 Å². The molecule has 0 spiro atoms. The van der Waals surface area contributed by atoms with Crippen molar-refractivity contribution in [3.63, 3.8) is 0 Å². The fourth-order valence-electron chi connectivity index (χ4n) is 3.66. The number of rotatable bonds is 4. The zero-order valence-electron chi connectivity index (χ0n) is 13.0. The Hall–Kier alpha value is -2.07. The highest BCUT2D eigenvalue weighted by atomic mass is 15.2. The van der Waals surface area contributed by atoms with Crippen LogP contribution in [0.25, 0.3) is 10.9 Å². The minimum atomic E-state index is 0.759. The quantitative estimate of drug-likeness (QED) is 0.803. The van der Waals surface area contributed by atoms with Crippen LogP contribution in [-0.2, 0) is 20.0 Å². The first kappa shape index (κ1) is 13.6. The molecule has 0 aliphatic carbocycles. The molecule has 1 fully saturated rings. The number of fused-ring (bicyclic) bond motifs is 1. The van der Waals surface area contributed by atoms with E-state index in [4.69, 9.17) is 0 Å². The van der Waals surface area contributed by atoms with Crippen LogP contribution in [0.4, 0.5) is 0 Å². The average Bonchev–Trinajstić information content (AvgIpc) is 3.21. The summed E-state index contributed by atoms with van der Waals surface area (Å²) in [6.07, 6.45) is 8.62. The summed E-state index contributed by atoms with van der Waals surface area (Å²) in [5.41, 5.74) is 4.03. The van der Waals surface area contributed by atoms with Crippen LogP contribution in [0, 0.1) is 5.92 Å². The maximum Gasteiger partial charge on any atom is 0.0521 e. The summed E-state index contributed by atoms with van der Waals surface area (Å²) in [4.78, 5) is 5.89. The van der Waals surface area contributed by atoms with E-state index in [1.807, 2.05) is 24.1 Å². The zero-order valence-corrected chi connectivity index (χ0v) is 13.0. The predicted molar refractivity (Wildman–Crippen MR) is 88.6 cm³/mol. The molecule has 114 valence electrons. The maximum absolute atomic E-state index is 4.27. The first-order valence-corrected chi connectivity index (χ1v) is 8.03. The van der Waals surface area contributed by atoms with E-state index in [-0.39, 0.29) is 0 Å². The van der Waals surface area contributed by atoms with Gasteiger partial charge in [-0.3, -0.25) is 9.58 Å². The van der Waals surface area contributed by atoms with Crippen molar-refractivity contribution in [2.75, 3.05) is 13.1 Å². The van der Waals surface area contributed by atoms with Gasteiger partial charge in [0, 0.05) is 43.4 Å². The fourth-order valence-corrected chi connectivity index (χ4v) is 3.66. The minimum Gasteiger partial charge on any atom is -0.361 e. The lowest BCUT2D eigenvalue weighted by molar-refractivity contribution is 0.317. The standard InChI is InChI=1S/C18H22N4/c1-21-11-15(10-20-21)9-14-6-8-22(12-14)13-16-3-2-4-18-17(16)5-7-19-18/h2-5,7,10-11,14,19H,6,8-9,12-13H2,1H3. The second-order valence-electron chi connectivity index (χ2n) is 6.47. The van der Waals surface area contributed by atoms with Crippen molar-refractivity contribution < 1.29 is 0 Å². The van der Waals surface area contributed by atoms with Gasteiger partial charge >= 0.3 is 0 Å². The van der Waals surface area contributed by atoms with Crippen LogP contribution in [0.2, 0.25) is 0 Å². The van der Waals surface area contributed by atoms with Crippen LogP contribution in [0.15, 0.2) is 42.9 Å². The Labute approximate surface area is 130 Å². The van der Waals surface area contributed by atoms with E-state index in [0.717, 1.165) is 18.9 Å². The van der Waals surface area contributed by atoms with Crippen molar-refractivity contribution in [1.29, 1.82) is 0 Å². The summed E-state index contributed by atoms with van der Waals surface area (Å²) in [6, 6.07) is 8.74. The van der Waals surface area contributed by atoms with Gasteiger partial charge in [-0.2, -0.15) is 5.10 Å². The van der Waals surface area contributed by atoms with Gasteiger partial charge in [0.1, 0.15) is 0 Å². The van der Waals surface area contributed by atoms with Gasteiger partial charge in [0.05, 0.1) is 6.20 Å². The summed E-state index contributed by atoms with van der Waals surface area (Å²) in [7, 11) is 1.99. The van der Waals surface area contributed by atoms with Crippen molar-refractivity contribution in [2.24, 2.45) is 13.0 Å². The molecule has 4 heteroatoms. The maximum atomic E-state index is 4.27. The molecule has 1 N–H and O–H groups in total. The van der Waals surface area contributed by atoms with E-state index in [2.05, 4.69) is 45.4 Å². The number of aromatic amines is 1. The van der Waals surface area contributed by atoms with Crippen molar-refractivity contribution in [3.05, 3.63) is 54.0 Å². The summed E-state index contributed by atoms with van der Waals surface area (Å²) < 4.78 is 1.90. The second-order valence-corrected chi connectivity index (χ2v) is 6.47. The highest BCUT2D eigenvalue weighted by Crippen LogP contribution is 2.25. The highest BCUT2D eigenvalue weighted by Gasteiger charge is 2.23. The highest BCUT2D eigenvalue weighted by molar-refractivity contribution is 5.82. The zero-order chi connectivity index (χ0) is 14.9. The van der Waals surface area contributed by atoms with E-state index in [1.54, 1.807) is 0 Å². The monoisotopic (exact) mass is 294 g/mol. The molecular formula is C18H22N4. The minimum absolute atomic E-state index is 0.759. The molecule has 1 aliphatic rings. The van der Waals surface area contributed by atoms with Crippen LogP contribution in [0.3, 0.4) is 0 Å². The molecule has 2 aromatic heterocycles. The lowest BCUT2D eigenvalue weighted by atomic mass is 10.0. The van der Waals surface area contributed by atoms with Gasteiger partial charge in [0.25, 0.3) is 0 Å². The van der Waals surface area contributed by atoms with E-state index < -0.39 is 0 Å². The largest absolute Gasteiger partial charge is 0.361 e. The second kappa shape index (κ2) is 5.61. The SMILES string of the molecule is Cn1cc(CC2CCN(Cc3cccc4[nH]ccc34)C2)cn1. The molecule has 1 saturated heterocycles. The number of aromatic nitrogens is 3. The van der Waals surface area contributed by atoms with Crippen LogP contribution in [0.1, 0.15) is 17.5 Å². The fraction of sp³-hybridized carbons (Fsp3) is 0.389. The molecule has 1 aromatic carbocycles. The van der Waals surface area contributed by atoms with Gasteiger partial charge in [-0.15, -0.1) is 0 Å². The summed E-state index contributed by atoms with van der Waals surface area (Å²) in [5, 5.41) is 5.63. The van der Waals surface area contributed by atoms with Crippen LogP contribution < -0.4 is 0 Å². The number of hydrogen-bond acceptors (Lipinski definition) is 2. The third-order valence-electron chi connectivity index (χ3n) is 4.73. The van der Waals surface area contributed by atoms with Gasteiger partial charge in [-0.05, 0) is 48.6 Å². The first-order valence-electron chi connectivity index (χ1n) is 8.03. The molecule has 0 amide bonds. The number of nitrogens with one attached hydrogen (secondary N) is 1. The van der Waals surface area contributed by atoms with Gasteiger partial charge in [0.15, 0.2) is 0 Å². The number of likely N-dealkylation sites (tertiary alicyclic amines) is 1. The van der Waals surface area contributed by atoms with Crippen molar-refractivity contribution in [1.82, 2.24) is 19.7 Å². The molecule has 1 atom stereocenters. The van der Waals surface area contributed by atoms with Crippen LogP contribution >= 0.6 is 0 Å². The molecule has 0 bridgehead atoms. The van der Waals surface area contributed by atoms with Crippen molar-refractivity contribution in [2.45, 2.75) is 19.4 Å². The Morgan fingerprint density at radius 2 is 2.27 bits per heavy atom. The Morgan fingerprint density at radius 1 is 1.32 bits per heavy atom. The number of nitrogens with zero attached hydrogens (tertiary/aromatic N) is 3. The van der Waals surface area contributed by atoms with E-state index >= 15 is 0 Å². The summed E-state index contributed by atoms with van der Waals surface area (Å²) in [5.74, 6) is 0.759. The van der Waals surface area contributed by atoms with Gasteiger partial charge in [0.2, 0.25) is 0 Å². The van der Waals surface area contributed by atoms with Crippen molar-refractivity contribution in [3.8, 4) is 0 Å². The topological polar surface area (TPSA) is 36.9 Å². The molecule has 1 aliphatic heterocycles. The van der Waals surface area contributed by atoms with Crippen LogP contribution in [0.5, 0.6) is 0 Å². The van der Waals surface area contributed by atoms with Gasteiger partial charge < -0.3 is 4.98 Å². The van der Waals surface area contributed by atoms with Gasteiger partial charge in [-0.25, -0.2) is 0 Å². The predicted octanol–water partition coefficient (Wildman–Crippen LogP) is 2.97. The third-order valence-corrected chi connectivity index (χ3v) is 4.73. The van der Waals surface area contributed by atoms with Crippen LogP contribution in [-0.4, -0.2) is 32.8 Å². The number of hydrogen-bond donors (Lipinski definition) is 1. The van der Waals surface area contributed by atoms with E-state index in [9.17, 15) is 0 Å². The summed E-state index contributed by atoms with van der Waals surface area (Å²) in [6.45, 7) is 3.44.